The number of amides is 1. The molecule has 2 rings (SSSR count). The Balaban J connectivity index is 0.000000304. The third-order valence-corrected chi connectivity index (χ3v) is 4.39. The van der Waals surface area contributed by atoms with Gasteiger partial charge in [-0.1, -0.05) is 6.07 Å². The summed E-state index contributed by atoms with van der Waals surface area (Å²) < 4.78 is 28.6. The molecule has 4 N–H and O–H groups in total. The topological polar surface area (TPSA) is 120 Å². The molecule has 1 heterocycles. The van der Waals surface area contributed by atoms with Crippen molar-refractivity contribution in [2.45, 2.75) is 6.92 Å². The number of carbonyl (C=O) groups is 1. The zero-order chi connectivity index (χ0) is 15.9. The Morgan fingerprint density at radius 2 is 1.76 bits per heavy atom. The van der Waals surface area contributed by atoms with Crippen molar-refractivity contribution in [1.29, 1.82) is 0 Å². The number of hydrogen-bond acceptors (Lipinski definition) is 4. The molecule has 1 amide bonds. The molecule has 21 heavy (non-hydrogen) atoms. The number of pyridine rings is 1. The normalized spacial score (nSPS) is 10.2. The van der Waals surface area contributed by atoms with Crippen molar-refractivity contribution < 1.29 is 21.8 Å². The number of phenols is 1. The molecule has 112 valence electrons. The van der Waals surface area contributed by atoms with Crippen LogP contribution in [0.3, 0.4) is 0 Å². The Bertz CT molecular complexity index is 616. The van der Waals surface area contributed by atoms with E-state index in [1.54, 1.807) is 12.4 Å². The van der Waals surface area contributed by atoms with E-state index in [9.17, 15) is 13.6 Å². The van der Waals surface area contributed by atoms with Crippen LogP contribution in [0.1, 0.15) is 6.92 Å². The fourth-order valence-corrected chi connectivity index (χ4v) is 3.16. The summed E-state index contributed by atoms with van der Waals surface area (Å²) in [6.45, 7) is 1.21. The molecule has 0 bridgehead atoms. The SMILES string of the molecule is CC(=O)Nc1cccc(O)c1[As](=O)(O)O.c1ccncc1. The van der Waals surface area contributed by atoms with E-state index in [1.165, 1.54) is 19.1 Å². The monoisotopic (exact) mass is 354 g/mol. The van der Waals surface area contributed by atoms with Crippen LogP contribution in [-0.2, 0) is 8.53 Å². The Labute approximate surface area is 124 Å². The zero-order valence-corrected chi connectivity index (χ0v) is 13.0. The summed E-state index contributed by atoms with van der Waals surface area (Å²) in [5, 5.41) is 11.6. The van der Waals surface area contributed by atoms with Crippen molar-refractivity contribution in [1.82, 2.24) is 4.98 Å². The van der Waals surface area contributed by atoms with E-state index in [0.717, 1.165) is 6.07 Å². The van der Waals surface area contributed by atoms with Crippen molar-refractivity contribution in [2.75, 3.05) is 5.32 Å². The maximum atomic E-state index is 11.1. The van der Waals surface area contributed by atoms with Gasteiger partial charge in [-0.05, 0) is 12.1 Å². The van der Waals surface area contributed by atoms with Crippen LogP contribution in [0.5, 0.6) is 5.75 Å². The average Bonchev–Trinajstić information content (AvgIpc) is 2.39. The molecule has 0 atom stereocenters. The first-order valence-electron chi connectivity index (χ1n) is 5.83. The number of anilines is 1. The molecule has 1 aromatic carbocycles. The van der Waals surface area contributed by atoms with E-state index in [1.807, 2.05) is 18.2 Å². The first-order valence-corrected chi connectivity index (χ1v) is 9.21. The van der Waals surface area contributed by atoms with Crippen LogP contribution in [-0.4, -0.2) is 38.4 Å². The van der Waals surface area contributed by atoms with Crippen LogP contribution >= 0.6 is 0 Å². The Hall–Kier alpha value is -2.08. The fourth-order valence-electron chi connectivity index (χ4n) is 1.44. The van der Waals surface area contributed by atoms with Gasteiger partial charge in [0.05, 0.1) is 0 Å². The van der Waals surface area contributed by atoms with Gasteiger partial charge < -0.3 is 0 Å². The van der Waals surface area contributed by atoms with Crippen LogP contribution in [0, 0.1) is 0 Å². The van der Waals surface area contributed by atoms with Gasteiger partial charge in [0.1, 0.15) is 0 Å². The quantitative estimate of drug-likeness (QED) is 0.564. The van der Waals surface area contributed by atoms with E-state index in [0.29, 0.717) is 0 Å². The maximum Gasteiger partial charge on any atom is 0.0267 e. The number of benzene rings is 1. The number of hydrogen-bond donors (Lipinski definition) is 4. The minimum Gasteiger partial charge on any atom is -0.265 e. The van der Waals surface area contributed by atoms with Crippen molar-refractivity contribution in [3.8, 4) is 5.75 Å². The second kappa shape index (κ2) is 7.63. The van der Waals surface area contributed by atoms with Gasteiger partial charge in [-0.25, -0.2) is 0 Å². The Morgan fingerprint density at radius 1 is 1.14 bits per heavy atom. The third-order valence-electron chi connectivity index (χ3n) is 2.18. The van der Waals surface area contributed by atoms with Gasteiger partial charge in [-0.2, -0.15) is 0 Å². The molecular formula is C13H15AsN2O5. The number of rotatable bonds is 2. The summed E-state index contributed by atoms with van der Waals surface area (Å²) in [5.74, 6) is -0.987. The standard InChI is InChI=1S/C8H10AsNO5.C5H5N/c1-5(11)10-6-3-2-4-7(12)8(6)9(13,14)15;1-2-4-6-5-3-1/h2-4,12H,1H3,(H,10,11)(H2,13,14,15);1-5H. The molecule has 0 spiro atoms. The van der Waals surface area contributed by atoms with Crippen molar-refractivity contribution >= 4 is 30.1 Å². The van der Waals surface area contributed by atoms with Crippen molar-refractivity contribution in [2.24, 2.45) is 0 Å². The number of nitrogens with one attached hydrogen (secondary N) is 1. The van der Waals surface area contributed by atoms with Crippen molar-refractivity contribution in [3.05, 3.63) is 48.8 Å². The van der Waals surface area contributed by atoms with Crippen molar-refractivity contribution in [3.63, 3.8) is 0 Å². The van der Waals surface area contributed by atoms with Crippen LogP contribution < -0.4 is 9.67 Å². The second-order valence-electron chi connectivity index (χ2n) is 3.92. The van der Waals surface area contributed by atoms with E-state index < -0.39 is 30.2 Å². The van der Waals surface area contributed by atoms with E-state index in [4.69, 9.17) is 8.19 Å². The number of aromatic hydroxyl groups is 1. The molecule has 0 fully saturated rings. The molecule has 0 aliphatic rings. The molecule has 2 aromatic rings. The van der Waals surface area contributed by atoms with E-state index in [2.05, 4.69) is 10.3 Å². The molecule has 0 unspecified atom stereocenters. The first kappa shape index (κ1) is 17.0. The predicted molar refractivity (Wildman–Crippen MR) is 77.2 cm³/mol. The number of phenolic OH excluding ortho intramolecular Hbond substituents is 1. The zero-order valence-electron chi connectivity index (χ0n) is 11.2. The van der Waals surface area contributed by atoms with Gasteiger partial charge in [-0.3, -0.25) is 4.98 Å². The largest absolute Gasteiger partial charge is 0.265 e. The van der Waals surface area contributed by atoms with Crippen LogP contribution in [0.15, 0.2) is 48.8 Å². The maximum absolute atomic E-state index is 11.1. The summed E-state index contributed by atoms with van der Waals surface area (Å²) in [6, 6.07) is 9.57. The Morgan fingerprint density at radius 3 is 2.14 bits per heavy atom. The van der Waals surface area contributed by atoms with Gasteiger partial charge in [-0.15, -0.1) is 0 Å². The van der Waals surface area contributed by atoms with E-state index >= 15 is 0 Å². The summed E-state index contributed by atoms with van der Waals surface area (Å²) in [7, 11) is 0. The first-order chi connectivity index (χ1) is 9.82. The molecule has 1 aromatic heterocycles. The molecule has 8 heteroatoms. The summed E-state index contributed by atoms with van der Waals surface area (Å²) >= 11 is -5.25. The average molecular weight is 354 g/mol. The second-order valence-corrected chi connectivity index (χ2v) is 7.14. The molecule has 0 saturated heterocycles. The molecule has 7 nitrogen and oxygen atoms in total. The smallest absolute Gasteiger partial charge is 0.0267 e. The van der Waals surface area contributed by atoms with Crippen LogP contribution in [0.25, 0.3) is 0 Å². The third kappa shape index (κ3) is 5.83. The molecule has 0 radical (unpaired) electrons. The van der Waals surface area contributed by atoms with Crippen LogP contribution in [0.4, 0.5) is 5.69 Å². The van der Waals surface area contributed by atoms with E-state index in [-0.39, 0.29) is 5.69 Å². The number of nitrogens with zero attached hydrogens (tertiary/aromatic N) is 1. The fraction of sp³-hybridized carbons (Fsp3) is 0.0769. The van der Waals surface area contributed by atoms with Gasteiger partial charge in [0, 0.05) is 12.4 Å². The molecular weight excluding hydrogens is 339 g/mol. The van der Waals surface area contributed by atoms with Gasteiger partial charge in [0.25, 0.3) is 0 Å². The molecule has 0 aliphatic heterocycles. The minimum atomic E-state index is -5.25. The summed E-state index contributed by atoms with van der Waals surface area (Å²) in [6.07, 6.45) is 3.50. The minimum absolute atomic E-state index is 0.0602. The molecule has 0 aliphatic carbocycles. The van der Waals surface area contributed by atoms with Gasteiger partial charge in [0.2, 0.25) is 0 Å². The predicted octanol–water partition coefficient (Wildman–Crippen LogP) is -0.00680. The number of carbonyl (C=O) groups excluding carboxylic acids is 1. The summed E-state index contributed by atoms with van der Waals surface area (Å²) in [5.41, 5.74) is -0.0602. The van der Waals surface area contributed by atoms with Crippen LogP contribution in [0.2, 0.25) is 0 Å². The summed E-state index contributed by atoms with van der Waals surface area (Å²) in [4.78, 5) is 14.5. The number of aromatic nitrogens is 1. The molecule has 0 saturated carbocycles. The van der Waals surface area contributed by atoms with Gasteiger partial charge in [0.15, 0.2) is 0 Å². The van der Waals surface area contributed by atoms with Gasteiger partial charge >= 0.3 is 88.1 Å². The Kier molecular flexibility index (Phi) is 6.17.